The highest BCUT2D eigenvalue weighted by Crippen LogP contribution is 2.49. The summed E-state index contributed by atoms with van der Waals surface area (Å²) in [6.07, 6.45) is 3.89. The quantitative estimate of drug-likeness (QED) is 0.848. The van der Waals surface area contributed by atoms with E-state index in [-0.39, 0.29) is 42.0 Å². The van der Waals surface area contributed by atoms with Crippen LogP contribution >= 0.6 is 0 Å². The number of nitrogens with zero attached hydrogens (tertiary/aromatic N) is 2. The summed E-state index contributed by atoms with van der Waals surface area (Å²) >= 11 is 0. The average molecular weight is 408 g/mol. The van der Waals surface area contributed by atoms with E-state index in [1.165, 1.54) is 12.1 Å². The summed E-state index contributed by atoms with van der Waals surface area (Å²) in [5, 5.41) is 10.1. The van der Waals surface area contributed by atoms with E-state index < -0.39 is 11.7 Å². The fraction of sp³-hybridized carbons (Fsp3) is 0.417. The van der Waals surface area contributed by atoms with Gasteiger partial charge in [0.15, 0.2) is 0 Å². The van der Waals surface area contributed by atoms with Crippen molar-refractivity contribution in [2.24, 2.45) is 5.92 Å². The molecule has 1 aliphatic carbocycles. The van der Waals surface area contributed by atoms with Gasteiger partial charge in [-0.3, -0.25) is 9.59 Å². The Morgan fingerprint density at radius 1 is 1.03 bits per heavy atom. The normalized spacial score (nSPS) is 25.5. The number of anilines is 1. The maximum absolute atomic E-state index is 14.3. The fourth-order valence-electron chi connectivity index (χ4n) is 5.55. The van der Waals surface area contributed by atoms with Crippen molar-refractivity contribution in [2.75, 3.05) is 18.1 Å². The predicted octanol–water partition coefficient (Wildman–Crippen LogP) is 3.33. The fourth-order valence-corrected chi connectivity index (χ4v) is 5.55. The van der Waals surface area contributed by atoms with Gasteiger partial charge in [-0.1, -0.05) is 43.2 Å². The van der Waals surface area contributed by atoms with Gasteiger partial charge in [0.05, 0.1) is 24.3 Å². The minimum absolute atomic E-state index is 0.00731. The molecule has 2 heterocycles. The van der Waals surface area contributed by atoms with E-state index in [9.17, 15) is 19.1 Å². The van der Waals surface area contributed by atoms with Crippen LogP contribution in [-0.2, 0) is 4.79 Å². The van der Waals surface area contributed by atoms with Crippen LogP contribution in [0.1, 0.15) is 47.5 Å². The highest BCUT2D eigenvalue weighted by Gasteiger charge is 2.56. The first-order valence-electron chi connectivity index (χ1n) is 10.7. The van der Waals surface area contributed by atoms with Gasteiger partial charge in [0.2, 0.25) is 5.91 Å². The summed E-state index contributed by atoms with van der Waals surface area (Å²) in [6, 6.07) is 13.1. The van der Waals surface area contributed by atoms with E-state index in [4.69, 9.17) is 0 Å². The minimum atomic E-state index is -0.553. The second-order valence-electron chi connectivity index (χ2n) is 8.52. The van der Waals surface area contributed by atoms with Crippen molar-refractivity contribution < 1.29 is 19.1 Å². The number of aliphatic hydroxyl groups excluding tert-OH is 1. The lowest BCUT2D eigenvalue weighted by molar-refractivity contribution is -0.154. The number of aliphatic hydroxyl groups is 1. The van der Waals surface area contributed by atoms with Crippen molar-refractivity contribution in [1.29, 1.82) is 0 Å². The zero-order valence-corrected chi connectivity index (χ0v) is 16.7. The summed E-state index contributed by atoms with van der Waals surface area (Å²) in [6.45, 7) is 0.207. The summed E-state index contributed by atoms with van der Waals surface area (Å²) in [5.74, 6) is -0.873. The lowest BCUT2D eigenvalue weighted by atomic mass is 9.71. The van der Waals surface area contributed by atoms with E-state index >= 15 is 0 Å². The molecule has 0 unspecified atom stereocenters. The molecule has 2 aliphatic heterocycles. The summed E-state index contributed by atoms with van der Waals surface area (Å²) in [5.41, 5.74) is 1.70. The van der Waals surface area contributed by atoms with E-state index in [2.05, 4.69) is 0 Å². The summed E-state index contributed by atoms with van der Waals surface area (Å²) in [7, 11) is 0. The smallest absolute Gasteiger partial charge is 0.261 e. The van der Waals surface area contributed by atoms with E-state index in [0.29, 0.717) is 6.54 Å². The first kappa shape index (κ1) is 19.2. The molecule has 5 rings (SSSR count). The Hall–Kier alpha value is -2.73. The number of para-hydroxylation sites is 1. The maximum atomic E-state index is 14.3. The average Bonchev–Trinajstić information content (AvgIpc) is 3.29. The predicted molar refractivity (Wildman–Crippen MR) is 111 cm³/mol. The molecule has 30 heavy (non-hydrogen) atoms. The van der Waals surface area contributed by atoms with Crippen LogP contribution < -0.4 is 4.90 Å². The molecule has 2 amide bonds. The van der Waals surface area contributed by atoms with Crippen LogP contribution in [0.3, 0.4) is 0 Å². The number of halogens is 1. The van der Waals surface area contributed by atoms with Crippen LogP contribution in [0.2, 0.25) is 0 Å². The number of hydrogen-bond donors (Lipinski definition) is 1. The number of fused-ring (bicyclic) bond motifs is 3. The third-order valence-electron chi connectivity index (χ3n) is 7.00. The Labute approximate surface area is 175 Å². The lowest BCUT2D eigenvalue weighted by Gasteiger charge is -2.59. The molecular weight excluding hydrogens is 383 g/mol. The lowest BCUT2D eigenvalue weighted by Crippen LogP contribution is -2.71. The van der Waals surface area contributed by atoms with Gasteiger partial charge in [0.1, 0.15) is 5.82 Å². The van der Waals surface area contributed by atoms with Gasteiger partial charge in [0, 0.05) is 24.1 Å². The number of carbonyl (C=O) groups excluding carboxylic acids is 2. The molecule has 1 N–H and O–H groups in total. The Bertz CT molecular complexity index is 988. The highest BCUT2D eigenvalue weighted by molar-refractivity contribution is 6.07. The molecule has 2 aromatic carbocycles. The molecule has 5 nitrogen and oxygen atoms in total. The van der Waals surface area contributed by atoms with E-state index in [1.807, 2.05) is 24.3 Å². The zero-order chi connectivity index (χ0) is 20.8. The summed E-state index contributed by atoms with van der Waals surface area (Å²) in [4.78, 5) is 29.9. The molecule has 1 saturated heterocycles. The monoisotopic (exact) mass is 408 g/mol. The first-order chi connectivity index (χ1) is 14.6. The molecular formula is C24H25FN2O3. The number of rotatable bonds is 3. The number of amides is 2. The number of hydrogen-bond acceptors (Lipinski definition) is 3. The Morgan fingerprint density at radius 2 is 1.73 bits per heavy atom. The standard InChI is InChI=1S/C24H25FN2O3/c25-18-11-5-3-9-16(18)24(30)26-13-20-22(17-10-4-6-12-19(17)26)21(14-28)27(20)23(29)15-7-1-2-8-15/h3-6,9-12,15,20-22,28H,1-2,7-8,13-14H2/t20-,21-,22+/m1/s1. The van der Waals surface area contributed by atoms with Crippen molar-refractivity contribution in [2.45, 2.75) is 43.7 Å². The van der Waals surface area contributed by atoms with Crippen LogP contribution in [-0.4, -0.2) is 47.1 Å². The van der Waals surface area contributed by atoms with Gasteiger partial charge in [-0.15, -0.1) is 0 Å². The molecule has 0 radical (unpaired) electrons. The molecule has 156 valence electrons. The Balaban J connectivity index is 1.52. The van der Waals surface area contributed by atoms with Crippen molar-refractivity contribution >= 4 is 17.5 Å². The topological polar surface area (TPSA) is 60.9 Å². The van der Waals surface area contributed by atoms with Gasteiger partial charge in [0.25, 0.3) is 5.91 Å². The van der Waals surface area contributed by atoms with Crippen LogP contribution in [0.5, 0.6) is 0 Å². The number of benzene rings is 2. The number of carbonyl (C=O) groups is 2. The second-order valence-corrected chi connectivity index (χ2v) is 8.52. The zero-order valence-electron chi connectivity index (χ0n) is 16.7. The van der Waals surface area contributed by atoms with Crippen LogP contribution in [0.4, 0.5) is 10.1 Å². The SMILES string of the molecule is O=C(c1ccccc1F)N1C[C@@H]2[C@H](c3ccccc31)[C@@H](CO)N2C(=O)C1CCCC1. The molecule has 3 aliphatic rings. The Morgan fingerprint density at radius 3 is 2.47 bits per heavy atom. The molecule has 6 heteroatoms. The van der Waals surface area contributed by atoms with Crippen molar-refractivity contribution in [3.63, 3.8) is 0 Å². The molecule has 3 atom stereocenters. The number of likely N-dealkylation sites (tertiary alicyclic amines) is 1. The van der Waals surface area contributed by atoms with Gasteiger partial charge in [-0.2, -0.15) is 0 Å². The maximum Gasteiger partial charge on any atom is 0.261 e. The third-order valence-corrected chi connectivity index (χ3v) is 7.00. The molecule has 1 saturated carbocycles. The third kappa shape index (κ3) is 2.85. The largest absolute Gasteiger partial charge is 0.394 e. The molecule has 2 aromatic rings. The first-order valence-corrected chi connectivity index (χ1v) is 10.7. The molecule has 2 fully saturated rings. The summed E-state index contributed by atoms with van der Waals surface area (Å²) < 4.78 is 14.3. The van der Waals surface area contributed by atoms with Crippen molar-refractivity contribution in [1.82, 2.24) is 4.90 Å². The minimum Gasteiger partial charge on any atom is -0.394 e. The molecule has 0 bridgehead atoms. The van der Waals surface area contributed by atoms with Crippen LogP contribution in [0.25, 0.3) is 0 Å². The van der Waals surface area contributed by atoms with Gasteiger partial charge >= 0.3 is 0 Å². The molecule has 0 aromatic heterocycles. The van der Waals surface area contributed by atoms with Crippen molar-refractivity contribution in [3.05, 3.63) is 65.5 Å². The molecule has 0 spiro atoms. The van der Waals surface area contributed by atoms with Crippen LogP contribution in [0.15, 0.2) is 48.5 Å². The van der Waals surface area contributed by atoms with Crippen molar-refractivity contribution in [3.8, 4) is 0 Å². The van der Waals surface area contributed by atoms with E-state index in [1.54, 1.807) is 21.9 Å². The Kier molecular flexibility index (Phi) is 4.82. The van der Waals surface area contributed by atoms with Gasteiger partial charge in [-0.25, -0.2) is 4.39 Å². The highest BCUT2D eigenvalue weighted by atomic mass is 19.1. The van der Waals surface area contributed by atoms with E-state index in [0.717, 1.165) is 36.9 Å². The van der Waals surface area contributed by atoms with Gasteiger partial charge < -0.3 is 14.9 Å². The van der Waals surface area contributed by atoms with Gasteiger partial charge in [-0.05, 0) is 36.6 Å². The second kappa shape index (κ2) is 7.51. The van der Waals surface area contributed by atoms with Crippen LogP contribution in [0, 0.1) is 11.7 Å².